The van der Waals surface area contributed by atoms with E-state index in [9.17, 15) is 22.8 Å². The van der Waals surface area contributed by atoms with Crippen molar-refractivity contribution in [2.75, 3.05) is 6.54 Å². The Bertz CT molecular complexity index is 1180. The second-order valence-electron chi connectivity index (χ2n) is 9.02. The summed E-state index contributed by atoms with van der Waals surface area (Å²) < 4.78 is 29.4. The molecule has 9 nitrogen and oxygen atoms in total. The van der Waals surface area contributed by atoms with Crippen molar-refractivity contribution >= 4 is 38.5 Å². The summed E-state index contributed by atoms with van der Waals surface area (Å²) in [6.45, 7) is 4.00. The first-order valence-corrected chi connectivity index (χ1v) is 12.3. The first-order valence-electron chi connectivity index (χ1n) is 10.9. The van der Waals surface area contributed by atoms with Gasteiger partial charge in [-0.1, -0.05) is 44.2 Å². The van der Waals surface area contributed by atoms with Gasteiger partial charge >= 0.3 is 0 Å². The molecule has 0 radical (unpaired) electrons. The van der Waals surface area contributed by atoms with Gasteiger partial charge in [0.15, 0.2) is 0 Å². The molecule has 2 aromatic carbocycles. The van der Waals surface area contributed by atoms with Crippen molar-refractivity contribution in [2.24, 2.45) is 29.2 Å². The molecule has 0 bridgehead atoms. The molecular formula is C23H30N4O5S. The Morgan fingerprint density at radius 3 is 2.36 bits per heavy atom. The number of hydrogen-bond acceptors (Lipinski definition) is 5. The SMILES string of the molecule is CC(C)CC(NS(=O)(=O)c1ccc2ccccc2c1)(C(N)=O)[C@H](C[C@H]1CCNC1=O)C(N)=O. The third-order valence-corrected chi connectivity index (χ3v) is 7.65. The molecule has 3 atom stereocenters. The largest absolute Gasteiger partial charge is 0.369 e. The normalized spacial score (nSPS) is 19.2. The Balaban J connectivity index is 2.08. The highest BCUT2D eigenvalue weighted by Gasteiger charge is 2.51. The van der Waals surface area contributed by atoms with Gasteiger partial charge in [0.05, 0.1) is 10.8 Å². The molecule has 1 aliphatic rings. The summed E-state index contributed by atoms with van der Waals surface area (Å²) >= 11 is 0. The highest BCUT2D eigenvalue weighted by atomic mass is 32.2. The number of fused-ring (bicyclic) bond motifs is 1. The van der Waals surface area contributed by atoms with Crippen LogP contribution in [0.15, 0.2) is 47.4 Å². The molecule has 1 fully saturated rings. The Labute approximate surface area is 193 Å². The zero-order chi connectivity index (χ0) is 24.4. The quantitative estimate of drug-likeness (QED) is 0.403. The molecule has 6 N–H and O–H groups in total. The first-order chi connectivity index (χ1) is 15.5. The van der Waals surface area contributed by atoms with E-state index in [4.69, 9.17) is 11.5 Å². The molecule has 10 heteroatoms. The lowest BCUT2D eigenvalue weighted by Crippen LogP contribution is -2.65. The number of rotatable bonds is 10. The molecule has 1 saturated heterocycles. The number of primary amides is 2. The molecule has 0 aliphatic carbocycles. The van der Waals surface area contributed by atoms with Gasteiger partial charge in [-0.05, 0) is 48.1 Å². The van der Waals surface area contributed by atoms with E-state index in [1.807, 2.05) is 12.1 Å². The molecule has 178 valence electrons. The Morgan fingerprint density at radius 1 is 1.15 bits per heavy atom. The Morgan fingerprint density at radius 2 is 1.82 bits per heavy atom. The fourth-order valence-corrected chi connectivity index (χ4v) is 6.02. The van der Waals surface area contributed by atoms with E-state index in [-0.39, 0.29) is 29.6 Å². The number of nitrogens with one attached hydrogen (secondary N) is 2. The number of amides is 3. The van der Waals surface area contributed by atoms with Crippen molar-refractivity contribution in [2.45, 2.75) is 43.5 Å². The van der Waals surface area contributed by atoms with E-state index in [0.717, 1.165) is 5.39 Å². The fraction of sp³-hybridized carbons (Fsp3) is 0.435. The number of sulfonamides is 1. The average Bonchev–Trinajstić information content (AvgIpc) is 3.14. The van der Waals surface area contributed by atoms with Crippen LogP contribution in [-0.2, 0) is 24.4 Å². The molecule has 3 rings (SSSR count). The number of benzene rings is 2. The number of carbonyl (C=O) groups excluding carboxylic acids is 3. The lowest BCUT2D eigenvalue weighted by molar-refractivity contribution is -0.136. The molecule has 0 aromatic heterocycles. The molecule has 1 heterocycles. The van der Waals surface area contributed by atoms with Crippen LogP contribution in [0.1, 0.15) is 33.1 Å². The maximum Gasteiger partial charge on any atom is 0.241 e. The summed E-state index contributed by atoms with van der Waals surface area (Å²) in [5, 5.41) is 4.23. The number of nitrogens with two attached hydrogens (primary N) is 2. The van der Waals surface area contributed by atoms with Crippen LogP contribution in [0, 0.1) is 17.8 Å². The summed E-state index contributed by atoms with van der Waals surface area (Å²) in [6.07, 6.45) is 0.310. The molecule has 3 amide bonds. The number of carbonyl (C=O) groups is 3. The Hall–Kier alpha value is -2.98. The molecule has 1 aliphatic heterocycles. The Kier molecular flexibility index (Phi) is 7.08. The van der Waals surface area contributed by atoms with Gasteiger partial charge in [-0.3, -0.25) is 14.4 Å². The zero-order valence-electron chi connectivity index (χ0n) is 18.7. The second kappa shape index (κ2) is 9.48. The third kappa shape index (κ3) is 5.17. The molecule has 1 unspecified atom stereocenters. The maximum atomic E-state index is 13.5. The number of hydrogen-bond donors (Lipinski definition) is 4. The van der Waals surface area contributed by atoms with E-state index in [1.165, 1.54) is 12.1 Å². The highest BCUT2D eigenvalue weighted by molar-refractivity contribution is 7.89. The minimum absolute atomic E-state index is 0.0584. The van der Waals surface area contributed by atoms with Crippen molar-refractivity contribution in [3.05, 3.63) is 42.5 Å². The van der Waals surface area contributed by atoms with Crippen molar-refractivity contribution in [1.29, 1.82) is 0 Å². The van der Waals surface area contributed by atoms with Crippen LogP contribution in [0.3, 0.4) is 0 Å². The van der Waals surface area contributed by atoms with Gasteiger partial charge in [0.25, 0.3) is 0 Å². The smallest absolute Gasteiger partial charge is 0.241 e. The lowest BCUT2D eigenvalue weighted by Gasteiger charge is -2.39. The molecule has 0 saturated carbocycles. The van der Waals surface area contributed by atoms with Gasteiger partial charge in [0.2, 0.25) is 27.7 Å². The van der Waals surface area contributed by atoms with Gasteiger partial charge in [-0.2, -0.15) is 4.72 Å². The minimum atomic E-state index is -4.28. The van der Waals surface area contributed by atoms with Gasteiger partial charge in [-0.25, -0.2) is 8.42 Å². The minimum Gasteiger partial charge on any atom is -0.369 e. The van der Waals surface area contributed by atoms with Crippen molar-refractivity contribution in [3.8, 4) is 0 Å². The zero-order valence-corrected chi connectivity index (χ0v) is 19.5. The maximum absolute atomic E-state index is 13.5. The van der Waals surface area contributed by atoms with E-state index in [0.29, 0.717) is 18.4 Å². The summed E-state index contributed by atoms with van der Waals surface area (Å²) in [5.41, 5.74) is 9.46. The van der Waals surface area contributed by atoms with Gasteiger partial charge in [0, 0.05) is 12.5 Å². The molecule has 2 aromatic rings. The van der Waals surface area contributed by atoms with Crippen LogP contribution >= 0.6 is 0 Å². The third-order valence-electron chi connectivity index (χ3n) is 6.14. The predicted octanol–water partition coefficient (Wildman–Crippen LogP) is 1.02. The summed E-state index contributed by atoms with van der Waals surface area (Å²) in [5.74, 6) is -4.25. The van der Waals surface area contributed by atoms with Crippen molar-refractivity contribution in [1.82, 2.24) is 10.0 Å². The van der Waals surface area contributed by atoms with Gasteiger partial charge < -0.3 is 16.8 Å². The van der Waals surface area contributed by atoms with Crippen molar-refractivity contribution < 1.29 is 22.8 Å². The van der Waals surface area contributed by atoms with E-state index in [2.05, 4.69) is 10.0 Å². The standard InChI is InChI=1S/C23H30N4O5S/c1-14(2)13-23(22(25)30,19(20(24)28)12-17-9-10-26-21(17)29)27-33(31,32)18-8-7-15-5-3-4-6-16(15)11-18/h3-8,11,14,17,19,27H,9-10,12-13H2,1-2H3,(H2,24,28)(H2,25,30)(H,26,29)/t17-,19-,23?/m1/s1. The van der Waals surface area contributed by atoms with Crippen LogP contribution in [0.5, 0.6) is 0 Å². The van der Waals surface area contributed by atoms with E-state index < -0.39 is 39.2 Å². The fourth-order valence-electron chi connectivity index (χ4n) is 4.57. The first kappa shape index (κ1) is 24.7. The van der Waals surface area contributed by atoms with E-state index in [1.54, 1.807) is 32.0 Å². The predicted molar refractivity (Wildman–Crippen MR) is 124 cm³/mol. The summed E-state index contributed by atoms with van der Waals surface area (Å²) in [6, 6.07) is 11.8. The van der Waals surface area contributed by atoms with Gasteiger partial charge in [0.1, 0.15) is 5.54 Å². The summed E-state index contributed by atoms with van der Waals surface area (Å²) in [4.78, 5) is 37.5. The average molecular weight is 475 g/mol. The molecule has 33 heavy (non-hydrogen) atoms. The van der Waals surface area contributed by atoms with Crippen molar-refractivity contribution in [3.63, 3.8) is 0 Å². The van der Waals surface area contributed by atoms with Crippen LogP contribution in [0.4, 0.5) is 0 Å². The van der Waals surface area contributed by atoms with E-state index >= 15 is 0 Å². The van der Waals surface area contributed by atoms with Crippen LogP contribution in [-0.4, -0.2) is 38.2 Å². The van der Waals surface area contributed by atoms with Crippen LogP contribution in [0.2, 0.25) is 0 Å². The molecule has 0 spiro atoms. The monoisotopic (exact) mass is 474 g/mol. The van der Waals surface area contributed by atoms with Gasteiger partial charge in [-0.15, -0.1) is 0 Å². The highest BCUT2D eigenvalue weighted by Crippen LogP contribution is 2.34. The lowest BCUT2D eigenvalue weighted by atomic mass is 9.73. The molecular weight excluding hydrogens is 444 g/mol. The summed E-state index contributed by atoms with van der Waals surface area (Å²) in [7, 11) is -4.28. The topological polar surface area (TPSA) is 161 Å². The van der Waals surface area contributed by atoms with Crippen LogP contribution < -0.4 is 21.5 Å². The van der Waals surface area contributed by atoms with Crippen LogP contribution in [0.25, 0.3) is 10.8 Å². The second-order valence-corrected chi connectivity index (χ2v) is 10.7.